The first-order valence-electron chi connectivity index (χ1n) is 7.44. The van der Waals surface area contributed by atoms with E-state index in [4.69, 9.17) is 16.3 Å². The standard InChI is InChI=1S/C16H26ClN3O.HI/c1-18-16(19-11-6-3-7-13-21-2)20-12-10-14-8-4-5-9-15(14)17;/h4-5,8-9H,3,6-7,10-13H2,1-2H3,(H2,18,19,20);1H. The van der Waals surface area contributed by atoms with Crippen molar-refractivity contribution in [2.24, 2.45) is 4.99 Å². The Balaban J connectivity index is 0.00000441. The van der Waals surface area contributed by atoms with Gasteiger partial charge in [0.1, 0.15) is 0 Å². The quantitative estimate of drug-likeness (QED) is 0.268. The van der Waals surface area contributed by atoms with Gasteiger partial charge in [0.15, 0.2) is 5.96 Å². The van der Waals surface area contributed by atoms with Gasteiger partial charge in [-0.25, -0.2) is 0 Å². The summed E-state index contributed by atoms with van der Waals surface area (Å²) in [5.74, 6) is 0.841. The highest BCUT2D eigenvalue weighted by molar-refractivity contribution is 14.0. The van der Waals surface area contributed by atoms with Crippen molar-refractivity contribution < 1.29 is 4.74 Å². The Morgan fingerprint density at radius 2 is 1.86 bits per heavy atom. The summed E-state index contributed by atoms with van der Waals surface area (Å²) in [7, 11) is 3.53. The third kappa shape index (κ3) is 9.48. The minimum atomic E-state index is 0. The average Bonchev–Trinajstić information content (AvgIpc) is 2.50. The Hall–Kier alpha value is -0.530. The molecule has 0 bridgehead atoms. The summed E-state index contributed by atoms with van der Waals surface area (Å²) in [6, 6.07) is 7.93. The monoisotopic (exact) mass is 439 g/mol. The molecule has 1 aromatic carbocycles. The molecule has 0 saturated carbocycles. The summed E-state index contributed by atoms with van der Waals surface area (Å²) < 4.78 is 5.03. The number of ether oxygens (including phenoxy) is 1. The van der Waals surface area contributed by atoms with Crippen molar-refractivity contribution >= 4 is 41.5 Å². The first-order valence-corrected chi connectivity index (χ1v) is 7.82. The largest absolute Gasteiger partial charge is 0.385 e. The van der Waals surface area contributed by atoms with Crippen molar-refractivity contribution in [1.29, 1.82) is 0 Å². The van der Waals surface area contributed by atoms with Crippen LogP contribution in [0.5, 0.6) is 0 Å². The summed E-state index contributed by atoms with van der Waals surface area (Å²) in [6.07, 6.45) is 4.27. The molecule has 0 heterocycles. The van der Waals surface area contributed by atoms with Crippen LogP contribution >= 0.6 is 35.6 Å². The molecule has 22 heavy (non-hydrogen) atoms. The summed E-state index contributed by atoms with van der Waals surface area (Å²) in [5, 5.41) is 7.43. The average molecular weight is 440 g/mol. The Morgan fingerprint density at radius 3 is 2.55 bits per heavy atom. The van der Waals surface area contributed by atoms with Gasteiger partial charge < -0.3 is 15.4 Å². The van der Waals surface area contributed by atoms with E-state index in [2.05, 4.69) is 21.7 Å². The van der Waals surface area contributed by atoms with Gasteiger partial charge in [0, 0.05) is 38.9 Å². The SMILES string of the molecule is CN=C(NCCCCCOC)NCCc1ccccc1Cl.I. The van der Waals surface area contributed by atoms with Gasteiger partial charge in [0.2, 0.25) is 0 Å². The van der Waals surface area contributed by atoms with Crippen molar-refractivity contribution in [3.8, 4) is 0 Å². The van der Waals surface area contributed by atoms with Crippen LogP contribution in [0.25, 0.3) is 0 Å². The van der Waals surface area contributed by atoms with Crippen LogP contribution in [0.4, 0.5) is 0 Å². The highest BCUT2D eigenvalue weighted by Crippen LogP contribution is 2.14. The molecule has 0 aliphatic carbocycles. The highest BCUT2D eigenvalue weighted by Gasteiger charge is 2.00. The van der Waals surface area contributed by atoms with E-state index in [-0.39, 0.29) is 24.0 Å². The fraction of sp³-hybridized carbons (Fsp3) is 0.562. The number of halogens is 2. The van der Waals surface area contributed by atoms with Crippen LogP contribution in [-0.2, 0) is 11.2 Å². The maximum atomic E-state index is 6.13. The third-order valence-corrected chi connectivity index (χ3v) is 3.55. The van der Waals surface area contributed by atoms with Crippen LogP contribution in [0, 0.1) is 0 Å². The number of methoxy groups -OCH3 is 1. The number of benzene rings is 1. The molecule has 0 amide bonds. The lowest BCUT2D eigenvalue weighted by atomic mass is 10.1. The number of guanidine groups is 1. The van der Waals surface area contributed by atoms with Crippen LogP contribution in [0.15, 0.2) is 29.3 Å². The molecular weight excluding hydrogens is 413 g/mol. The molecule has 1 rings (SSSR count). The predicted molar refractivity (Wildman–Crippen MR) is 106 cm³/mol. The first-order chi connectivity index (χ1) is 10.3. The minimum absolute atomic E-state index is 0. The van der Waals surface area contributed by atoms with E-state index in [0.717, 1.165) is 61.9 Å². The molecule has 0 aliphatic rings. The van der Waals surface area contributed by atoms with Gasteiger partial charge >= 0.3 is 0 Å². The van der Waals surface area contributed by atoms with E-state index in [1.54, 1.807) is 14.2 Å². The molecule has 6 heteroatoms. The van der Waals surface area contributed by atoms with Crippen molar-refractivity contribution in [2.45, 2.75) is 25.7 Å². The van der Waals surface area contributed by atoms with Crippen molar-refractivity contribution in [2.75, 3.05) is 33.9 Å². The highest BCUT2D eigenvalue weighted by atomic mass is 127. The molecule has 126 valence electrons. The second-order valence-corrected chi connectivity index (χ2v) is 5.23. The van der Waals surface area contributed by atoms with Crippen LogP contribution in [0.3, 0.4) is 0 Å². The number of rotatable bonds is 9. The fourth-order valence-electron chi connectivity index (χ4n) is 1.99. The lowest BCUT2D eigenvalue weighted by Crippen LogP contribution is -2.38. The maximum Gasteiger partial charge on any atom is 0.190 e. The lowest BCUT2D eigenvalue weighted by Gasteiger charge is -2.12. The summed E-state index contributed by atoms with van der Waals surface area (Å²) in [5.41, 5.74) is 1.15. The molecule has 4 nitrogen and oxygen atoms in total. The zero-order chi connectivity index (χ0) is 15.3. The second kappa shape index (κ2) is 14.1. The van der Waals surface area contributed by atoms with Gasteiger partial charge in [-0.15, -0.1) is 24.0 Å². The Labute approximate surface area is 156 Å². The molecule has 0 unspecified atom stereocenters. The van der Waals surface area contributed by atoms with Crippen LogP contribution in [0.2, 0.25) is 5.02 Å². The Bertz CT molecular complexity index is 430. The Kier molecular flexibility index (Phi) is 13.7. The molecule has 0 aliphatic heterocycles. The van der Waals surface area contributed by atoms with E-state index < -0.39 is 0 Å². The third-order valence-electron chi connectivity index (χ3n) is 3.19. The lowest BCUT2D eigenvalue weighted by molar-refractivity contribution is 0.192. The van der Waals surface area contributed by atoms with Crippen LogP contribution < -0.4 is 10.6 Å². The van der Waals surface area contributed by atoms with E-state index >= 15 is 0 Å². The molecule has 0 spiro atoms. The van der Waals surface area contributed by atoms with E-state index in [9.17, 15) is 0 Å². The van der Waals surface area contributed by atoms with Crippen LogP contribution in [-0.4, -0.2) is 39.8 Å². The fourth-order valence-corrected chi connectivity index (χ4v) is 2.22. The first kappa shape index (κ1) is 21.5. The molecule has 0 atom stereocenters. The van der Waals surface area contributed by atoms with E-state index in [0.29, 0.717) is 0 Å². The number of hydrogen-bond donors (Lipinski definition) is 2. The Morgan fingerprint density at radius 1 is 1.14 bits per heavy atom. The van der Waals surface area contributed by atoms with Gasteiger partial charge in [0.25, 0.3) is 0 Å². The van der Waals surface area contributed by atoms with Gasteiger partial charge in [-0.2, -0.15) is 0 Å². The predicted octanol–water partition coefficient (Wildman–Crippen LogP) is 3.48. The molecule has 0 saturated heterocycles. The number of hydrogen-bond acceptors (Lipinski definition) is 2. The number of nitrogens with zero attached hydrogens (tertiary/aromatic N) is 1. The molecule has 0 radical (unpaired) electrons. The van der Waals surface area contributed by atoms with Gasteiger partial charge in [-0.05, 0) is 37.3 Å². The summed E-state index contributed by atoms with van der Waals surface area (Å²) in [6.45, 7) is 2.58. The molecule has 2 N–H and O–H groups in total. The topological polar surface area (TPSA) is 45.7 Å². The number of nitrogens with one attached hydrogen (secondary N) is 2. The molecule has 0 fully saturated rings. The second-order valence-electron chi connectivity index (χ2n) is 4.82. The van der Waals surface area contributed by atoms with Crippen molar-refractivity contribution in [3.63, 3.8) is 0 Å². The van der Waals surface area contributed by atoms with E-state index in [1.807, 2.05) is 18.2 Å². The summed E-state index contributed by atoms with van der Waals surface area (Å²) in [4.78, 5) is 4.21. The smallest absolute Gasteiger partial charge is 0.190 e. The van der Waals surface area contributed by atoms with E-state index in [1.165, 1.54) is 0 Å². The zero-order valence-corrected chi connectivity index (χ0v) is 16.5. The van der Waals surface area contributed by atoms with Gasteiger partial charge in [-0.1, -0.05) is 29.8 Å². The van der Waals surface area contributed by atoms with Crippen molar-refractivity contribution in [1.82, 2.24) is 10.6 Å². The normalized spacial score (nSPS) is 11.0. The zero-order valence-electron chi connectivity index (χ0n) is 13.4. The molecular formula is C16H27ClIN3O. The number of aliphatic imine (C=N–C) groups is 1. The van der Waals surface area contributed by atoms with Crippen molar-refractivity contribution in [3.05, 3.63) is 34.9 Å². The van der Waals surface area contributed by atoms with Gasteiger partial charge in [0.05, 0.1) is 0 Å². The maximum absolute atomic E-state index is 6.13. The minimum Gasteiger partial charge on any atom is -0.385 e. The van der Waals surface area contributed by atoms with Crippen LogP contribution in [0.1, 0.15) is 24.8 Å². The summed E-state index contributed by atoms with van der Waals surface area (Å²) >= 11 is 6.13. The number of unbranched alkanes of at least 4 members (excludes halogenated alkanes) is 2. The molecule has 0 aromatic heterocycles. The van der Waals surface area contributed by atoms with Gasteiger partial charge in [-0.3, -0.25) is 4.99 Å². The molecule has 1 aromatic rings.